The fourth-order valence-electron chi connectivity index (χ4n) is 3.73. The third kappa shape index (κ3) is 6.08. The molecule has 3 amide bonds. The van der Waals surface area contributed by atoms with E-state index >= 15 is 0 Å². The van der Waals surface area contributed by atoms with Gasteiger partial charge >= 0.3 is 6.03 Å². The van der Waals surface area contributed by atoms with E-state index in [9.17, 15) is 9.59 Å². The van der Waals surface area contributed by atoms with E-state index in [1.807, 2.05) is 4.90 Å². The van der Waals surface area contributed by atoms with E-state index in [1.54, 1.807) is 18.5 Å². The lowest BCUT2D eigenvalue weighted by molar-refractivity contribution is -0.131. The van der Waals surface area contributed by atoms with Crippen LogP contribution in [-0.2, 0) is 4.79 Å². The number of nitrogens with zero attached hydrogens (tertiary/aromatic N) is 4. The third-order valence-corrected chi connectivity index (χ3v) is 5.17. The number of carbonyl (C=O) groups excluding carboxylic acids is 2. The zero-order chi connectivity index (χ0) is 18.9. The molecule has 27 heavy (non-hydrogen) atoms. The zero-order valence-corrected chi connectivity index (χ0v) is 15.9. The standard InChI is InChI=1S/C19H30N6O2/c26-17(24-12-3-1-2-4-13-24)8-11-22-19(27)23-16-7-5-14-25(15-16)18-20-9-6-10-21-18/h6,9-10,16H,1-5,7-8,11-15H2,(H2,22,23,27)/t16-/m0/s1. The molecule has 3 rings (SSSR count). The Labute approximate surface area is 160 Å². The van der Waals surface area contributed by atoms with Gasteiger partial charge in [0.2, 0.25) is 11.9 Å². The number of hydrogen-bond acceptors (Lipinski definition) is 5. The van der Waals surface area contributed by atoms with Gasteiger partial charge in [-0.15, -0.1) is 0 Å². The van der Waals surface area contributed by atoms with E-state index in [4.69, 9.17) is 0 Å². The van der Waals surface area contributed by atoms with Gasteiger partial charge in [0.05, 0.1) is 0 Å². The summed E-state index contributed by atoms with van der Waals surface area (Å²) in [5.41, 5.74) is 0. The number of likely N-dealkylation sites (tertiary alicyclic amines) is 1. The van der Waals surface area contributed by atoms with Crippen LogP contribution in [0.3, 0.4) is 0 Å². The molecule has 1 aromatic heterocycles. The summed E-state index contributed by atoms with van der Waals surface area (Å²) in [7, 11) is 0. The molecule has 0 saturated carbocycles. The molecule has 0 aliphatic carbocycles. The maximum absolute atomic E-state index is 12.3. The average molecular weight is 374 g/mol. The minimum atomic E-state index is -0.209. The molecule has 0 bridgehead atoms. The summed E-state index contributed by atoms with van der Waals surface area (Å²) in [6, 6.07) is 1.65. The second-order valence-corrected chi connectivity index (χ2v) is 7.28. The van der Waals surface area contributed by atoms with Gasteiger partial charge in [0, 0.05) is 57.6 Å². The number of nitrogens with one attached hydrogen (secondary N) is 2. The van der Waals surface area contributed by atoms with Crippen LogP contribution in [-0.4, -0.2) is 65.6 Å². The van der Waals surface area contributed by atoms with Gasteiger partial charge in [-0.1, -0.05) is 12.8 Å². The minimum Gasteiger partial charge on any atom is -0.343 e. The smallest absolute Gasteiger partial charge is 0.315 e. The van der Waals surface area contributed by atoms with Crippen molar-refractivity contribution in [2.24, 2.45) is 0 Å². The summed E-state index contributed by atoms with van der Waals surface area (Å²) in [5.74, 6) is 0.842. The maximum atomic E-state index is 12.3. The Morgan fingerprint density at radius 3 is 2.52 bits per heavy atom. The van der Waals surface area contributed by atoms with Gasteiger partial charge in [0.15, 0.2) is 0 Å². The van der Waals surface area contributed by atoms with Crippen LogP contribution in [0, 0.1) is 0 Å². The van der Waals surface area contributed by atoms with Crippen molar-refractivity contribution in [2.45, 2.75) is 51.0 Å². The van der Waals surface area contributed by atoms with Gasteiger partial charge in [-0.05, 0) is 31.7 Å². The molecule has 1 aromatic rings. The van der Waals surface area contributed by atoms with Gasteiger partial charge in [-0.25, -0.2) is 14.8 Å². The molecule has 2 aliphatic rings. The molecule has 0 spiro atoms. The summed E-state index contributed by atoms with van der Waals surface area (Å²) in [4.78, 5) is 37.0. The zero-order valence-electron chi connectivity index (χ0n) is 15.9. The lowest BCUT2D eigenvalue weighted by Gasteiger charge is -2.33. The molecule has 1 atom stereocenters. The van der Waals surface area contributed by atoms with E-state index in [2.05, 4.69) is 25.5 Å². The molecule has 8 heteroatoms. The number of piperidine rings is 1. The molecular weight excluding hydrogens is 344 g/mol. The largest absolute Gasteiger partial charge is 0.343 e. The lowest BCUT2D eigenvalue weighted by Crippen LogP contribution is -2.51. The highest BCUT2D eigenvalue weighted by Gasteiger charge is 2.23. The fraction of sp³-hybridized carbons (Fsp3) is 0.684. The van der Waals surface area contributed by atoms with Crippen LogP contribution in [0.5, 0.6) is 0 Å². The van der Waals surface area contributed by atoms with Crippen molar-refractivity contribution >= 4 is 17.9 Å². The van der Waals surface area contributed by atoms with E-state index in [0.29, 0.717) is 25.5 Å². The predicted octanol–water partition coefficient (Wildman–Crippen LogP) is 1.54. The van der Waals surface area contributed by atoms with Crippen LogP contribution >= 0.6 is 0 Å². The summed E-state index contributed by atoms with van der Waals surface area (Å²) < 4.78 is 0. The van der Waals surface area contributed by atoms with Crippen LogP contribution in [0.4, 0.5) is 10.7 Å². The first-order valence-electron chi connectivity index (χ1n) is 10.1. The van der Waals surface area contributed by atoms with Crippen molar-refractivity contribution in [3.05, 3.63) is 18.5 Å². The SMILES string of the molecule is O=C(NCCC(=O)N1CCCCCC1)N[C@H]1CCCN(c2ncccn2)C1. The second kappa shape index (κ2) is 10.1. The molecule has 2 aliphatic heterocycles. The summed E-state index contributed by atoms with van der Waals surface area (Å²) in [6.07, 6.45) is 10.3. The minimum absolute atomic E-state index is 0.0591. The molecule has 2 saturated heterocycles. The van der Waals surface area contributed by atoms with Crippen molar-refractivity contribution < 1.29 is 9.59 Å². The monoisotopic (exact) mass is 374 g/mol. The first kappa shape index (κ1) is 19.4. The van der Waals surface area contributed by atoms with Gasteiger partial charge in [0.25, 0.3) is 0 Å². The topological polar surface area (TPSA) is 90.5 Å². The highest BCUT2D eigenvalue weighted by atomic mass is 16.2. The Balaban J connectivity index is 1.37. The van der Waals surface area contributed by atoms with Crippen molar-refractivity contribution in [1.82, 2.24) is 25.5 Å². The number of anilines is 1. The normalized spacial score (nSPS) is 20.7. The molecule has 2 N–H and O–H groups in total. The van der Waals surface area contributed by atoms with Crippen molar-refractivity contribution in [3.8, 4) is 0 Å². The van der Waals surface area contributed by atoms with E-state index in [0.717, 1.165) is 45.3 Å². The first-order chi connectivity index (χ1) is 13.2. The summed E-state index contributed by atoms with van der Waals surface area (Å²) >= 11 is 0. The van der Waals surface area contributed by atoms with Crippen molar-refractivity contribution in [1.29, 1.82) is 0 Å². The van der Waals surface area contributed by atoms with E-state index < -0.39 is 0 Å². The molecule has 0 radical (unpaired) electrons. The maximum Gasteiger partial charge on any atom is 0.315 e. The Hall–Kier alpha value is -2.38. The number of hydrogen-bond donors (Lipinski definition) is 2. The highest BCUT2D eigenvalue weighted by molar-refractivity contribution is 5.78. The number of amides is 3. The first-order valence-corrected chi connectivity index (χ1v) is 10.1. The fourth-order valence-corrected chi connectivity index (χ4v) is 3.73. The van der Waals surface area contributed by atoms with Gasteiger partial charge < -0.3 is 20.4 Å². The van der Waals surface area contributed by atoms with Crippen LogP contribution in [0.2, 0.25) is 0 Å². The lowest BCUT2D eigenvalue weighted by atomic mass is 10.1. The van der Waals surface area contributed by atoms with Crippen LogP contribution in [0.25, 0.3) is 0 Å². The molecule has 2 fully saturated rings. The number of rotatable bonds is 5. The van der Waals surface area contributed by atoms with Gasteiger partial charge in [-0.2, -0.15) is 0 Å². The molecule has 8 nitrogen and oxygen atoms in total. The molecule has 148 valence electrons. The Bertz CT molecular complexity index is 603. The molecule has 3 heterocycles. The van der Waals surface area contributed by atoms with Gasteiger partial charge in [0.1, 0.15) is 0 Å². The van der Waals surface area contributed by atoms with Crippen LogP contribution in [0.15, 0.2) is 18.5 Å². The van der Waals surface area contributed by atoms with Crippen LogP contribution in [0.1, 0.15) is 44.9 Å². The highest BCUT2D eigenvalue weighted by Crippen LogP contribution is 2.15. The predicted molar refractivity (Wildman–Crippen MR) is 103 cm³/mol. The Morgan fingerprint density at radius 2 is 1.78 bits per heavy atom. The van der Waals surface area contributed by atoms with Crippen molar-refractivity contribution in [3.63, 3.8) is 0 Å². The number of aromatic nitrogens is 2. The molecular formula is C19H30N6O2. The van der Waals surface area contributed by atoms with Crippen LogP contribution < -0.4 is 15.5 Å². The third-order valence-electron chi connectivity index (χ3n) is 5.17. The Morgan fingerprint density at radius 1 is 1.04 bits per heavy atom. The van der Waals surface area contributed by atoms with Crippen molar-refractivity contribution in [2.75, 3.05) is 37.6 Å². The summed E-state index contributed by atoms with van der Waals surface area (Å²) in [5, 5.41) is 5.83. The molecule has 0 unspecified atom stereocenters. The number of urea groups is 1. The molecule has 0 aromatic carbocycles. The number of carbonyl (C=O) groups is 2. The second-order valence-electron chi connectivity index (χ2n) is 7.28. The average Bonchev–Trinajstić information content (AvgIpc) is 2.98. The van der Waals surface area contributed by atoms with E-state index in [1.165, 1.54) is 12.8 Å². The summed E-state index contributed by atoms with van der Waals surface area (Å²) in [6.45, 7) is 3.67. The van der Waals surface area contributed by atoms with E-state index in [-0.39, 0.29) is 18.0 Å². The Kier molecular flexibility index (Phi) is 7.24. The van der Waals surface area contributed by atoms with Gasteiger partial charge in [-0.3, -0.25) is 4.79 Å². The quantitative estimate of drug-likeness (QED) is 0.816.